The molecule has 2 rings (SSSR count). The van der Waals surface area contributed by atoms with Crippen LogP contribution in [-0.2, 0) is 0 Å². The van der Waals surface area contributed by atoms with E-state index in [0.29, 0.717) is 17.8 Å². The zero-order chi connectivity index (χ0) is 15.5. The lowest BCUT2D eigenvalue weighted by Crippen LogP contribution is -2.34. The van der Waals surface area contributed by atoms with Crippen molar-refractivity contribution in [3.8, 4) is 0 Å². The summed E-state index contributed by atoms with van der Waals surface area (Å²) in [5.74, 6) is -1.03. The van der Waals surface area contributed by atoms with E-state index < -0.39 is 5.97 Å². The van der Waals surface area contributed by atoms with Crippen LogP contribution in [0.5, 0.6) is 0 Å². The molecule has 2 amide bonds. The number of anilines is 1. The summed E-state index contributed by atoms with van der Waals surface area (Å²) in [5.41, 5.74) is 1.38. The summed E-state index contributed by atoms with van der Waals surface area (Å²) in [4.78, 5) is 23.2. The van der Waals surface area contributed by atoms with Gasteiger partial charge in [-0.05, 0) is 43.2 Å². The predicted molar refractivity (Wildman–Crippen MR) is 81.7 cm³/mol. The second kappa shape index (κ2) is 6.16. The van der Waals surface area contributed by atoms with Gasteiger partial charge in [0.1, 0.15) is 0 Å². The molecule has 0 spiro atoms. The SMILES string of the molecule is CCCC1(CNC(=O)Nc2cccc(C)c2C(=O)O)CC1. The quantitative estimate of drug-likeness (QED) is 0.751. The van der Waals surface area contributed by atoms with Crippen LogP contribution in [0.3, 0.4) is 0 Å². The van der Waals surface area contributed by atoms with Gasteiger partial charge in [-0.2, -0.15) is 0 Å². The van der Waals surface area contributed by atoms with Crippen LogP contribution in [0.4, 0.5) is 10.5 Å². The predicted octanol–water partition coefficient (Wildman–Crippen LogP) is 3.40. The monoisotopic (exact) mass is 290 g/mol. The third-order valence-electron chi connectivity index (χ3n) is 4.10. The van der Waals surface area contributed by atoms with Gasteiger partial charge in [0.15, 0.2) is 0 Å². The van der Waals surface area contributed by atoms with Crippen molar-refractivity contribution in [2.45, 2.75) is 39.5 Å². The maximum atomic E-state index is 12.0. The highest BCUT2D eigenvalue weighted by Crippen LogP contribution is 2.48. The van der Waals surface area contributed by atoms with E-state index in [0.717, 1.165) is 25.7 Å². The molecule has 1 aliphatic rings. The number of carboxylic acids is 1. The molecule has 0 heterocycles. The van der Waals surface area contributed by atoms with Crippen molar-refractivity contribution in [3.05, 3.63) is 29.3 Å². The summed E-state index contributed by atoms with van der Waals surface area (Å²) in [7, 11) is 0. The van der Waals surface area contributed by atoms with Gasteiger partial charge in [0.05, 0.1) is 11.3 Å². The van der Waals surface area contributed by atoms with Gasteiger partial charge in [-0.25, -0.2) is 9.59 Å². The van der Waals surface area contributed by atoms with E-state index in [1.165, 1.54) is 0 Å². The van der Waals surface area contributed by atoms with Crippen molar-refractivity contribution in [1.82, 2.24) is 5.32 Å². The molecule has 1 aliphatic carbocycles. The fourth-order valence-corrected chi connectivity index (χ4v) is 2.71. The molecule has 0 unspecified atom stereocenters. The van der Waals surface area contributed by atoms with E-state index in [1.54, 1.807) is 25.1 Å². The van der Waals surface area contributed by atoms with Gasteiger partial charge in [-0.1, -0.05) is 25.5 Å². The Labute approximate surface area is 124 Å². The van der Waals surface area contributed by atoms with Gasteiger partial charge in [0.25, 0.3) is 0 Å². The minimum atomic E-state index is -1.03. The molecular formula is C16H22N2O3. The molecule has 3 N–H and O–H groups in total. The first-order chi connectivity index (χ1) is 9.97. The van der Waals surface area contributed by atoms with Crippen LogP contribution >= 0.6 is 0 Å². The van der Waals surface area contributed by atoms with Crippen molar-refractivity contribution in [1.29, 1.82) is 0 Å². The van der Waals surface area contributed by atoms with Crippen molar-refractivity contribution in [2.75, 3.05) is 11.9 Å². The lowest BCUT2D eigenvalue weighted by molar-refractivity contribution is 0.0697. The molecule has 114 valence electrons. The van der Waals surface area contributed by atoms with Crippen LogP contribution in [0.25, 0.3) is 0 Å². The third kappa shape index (κ3) is 3.74. The largest absolute Gasteiger partial charge is 0.478 e. The molecule has 1 aromatic rings. The first-order valence-corrected chi connectivity index (χ1v) is 7.35. The number of carboxylic acid groups (broad SMARTS) is 1. The average molecular weight is 290 g/mol. The summed E-state index contributed by atoms with van der Waals surface area (Å²) in [6.45, 7) is 4.51. The number of benzene rings is 1. The highest BCUT2D eigenvalue weighted by molar-refractivity contribution is 6.01. The fourth-order valence-electron chi connectivity index (χ4n) is 2.71. The Morgan fingerprint density at radius 2 is 2.05 bits per heavy atom. The molecule has 1 aromatic carbocycles. The molecule has 5 nitrogen and oxygen atoms in total. The standard InChI is InChI=1S/C16H22N2O3/c1-3-7-16(8-9-16)10-17-15(21)18-12-6-4-5-11(2)13(12)14(19)20/h4-6H,3,7-10H2,1-2H3,(H,19,20)(H2,17,18,21). The highest BCUT2D eigenvalue weighted by Gasteiger charge is 2.41. The summed E-state index contributed by atoms with van der Waals surface area (Å²) in [6.07, 6.45) is 4.56. The molecule has 0 saturated heterocycles. The molecule has 0 radical (unpaired) electrons. The molecule has 21 heavy (non-hydrogen) atoms. The molecule has 0 aliphatic heterocycles. The van der Waals surface area contributed by atoms with E-state index in [4.69, 9.17) is 0 Å². The number of carbonyl (C=O) groups is 2. The normalized spacial score (nSPS) is 15.3. The Morgan fingerprint density at radius 1 is 1.33 bits per heavy atom. The molecular weight excluding hydrogens is 268 g/mol. The van der Waals surface area contributed by atoms with Gasteiger partial charge in [0, 0.05) is 6.54 Å². The number of nitrogens with one attached hydrogen (secondary N) is 2. The van der Waals surface area contributed by atoms with Crippen molar-refractivity contribution in [2.24, 2.45) is 5.41 Å². The van der Waals surface area contributed by atoms with E-state index in [-0.39, 0.29) is 17.0 Å². The number of aryl methyl sites for hydroxylation is 1. The number of hydrogen-bond donors (Lipinski definition) is 3. The van der Waals surface area contributed by atoms with Gasteiger partial charge < -0.3 is 15.7 Å². The number of amides is 2. The molecule has 0 bridgehead atoms. The van der Waals surface area contributed by atoms with Gasteiger partial charge >= 0.3 is 12.0 Å². The van der Waals surface area contributed by atoms with Crippen molar-refractivity contribution >= 4 is 17.7 Å². The minimum absolute atomic E-state index is 0.141. The zero-order valence-corrected chi connectivity index (χ0v) is 12.5. The molecule has 5 heteroatoms. The zero-order valence-electron chi connectivity index (χ0n) is 12.5. The number of hydrogen-bond acceptors (Lipinski definition) is 2. The Balaban J connectivity index is 1.97. The lowest BCUT2D eigenvalue weighted by atomic mass is 10.0. The van der Waals surface area contributed by atoms with Crippen LogP contribution in [0.15, 0.2) is 18.2 Å². The Bertz CT molecular complexity index is 550. The first-order valence-electron chi connectivity index (χ1n) is 7.35. The minimum Gasteiger partial charge on any atom is -0.478 e. The Morgan fingerprint density at radius 3 is 2.62 bits per heavy atom. The van der Waals surface area contributed by atoms with Crippen molar-refractivity contribution < 1.29 is 14.7 Å². The molecule has 1 saturated carbocycles. The summed E-state index contributed by atoms with van der Waals surface area (Å²) in [5, 5.41) is 14.7. The van der Waals surface area contributed by atoms with Gasteiger partial charge in [-0.15, -0.1) is 0 Å². The van der Waals surface area contributed by atoms with Gasteiger partial charge in [-0.3, -0.25) is 0 Å². The topological polar surface area (TPSA) is 78.4 Å². The van der Waals surface area contributed by atoms with Crippen LogP contribution < -0.4 is 10.6 Å². The fraction of sp³-hybridized carbons (Fsp3) is 0.500. The van der Waals surface area contributed by atoms with E-state index in [9.17, 15) is 14.7 Å². The number of urea groups is 1. The maximum Gasteiger partial charge on any atom is 0.338 e. The molecule has 0 atom stereocenters. The Hall–Kier alpha value is -2.04. The third-order valence-corrected chi connectivity index (χ3v) is 4.10. The van der Waals surface area contributed by atoms with Crippen LogP contribution in [0.1, 0.15) is 48.5 Å². The summed E-state index contributed by atoms with van der Waals surface area (Å²) >= 11 is 0. The number of rotatable bonds is 6. The number of carbonyl (C=O) groups excluding carboxylic acids is 1. The summed E-state index contributed by atoms with van der Waals surface area (Å²) in [6, 6.07) is 4.71. The molecule has 1 fully saturated rings. The van der Waals surface area contributed by atoms with Crippen LogP contribution in [0, 0.1) is 12.3 Å². The van der Waals surface area contributed by atoms with E-state index >= 15 is 0 Å². The van der Waals surface area contributed by atoms with Crippen LogP contribution in [0.2, 0.25) is 0 Å². The maximum absolute atomic E-state index is 12.0. The highest BCUT2D eigenvalue weighted by atomic mass is 16.4. The van der Waals surface area contributed by atoms with Crippen LogP contribution in [-0.4, -0.2) is 23.7 Å². The second-order valence-electron chi connectivity index (χ2n) is 5.86. The smallest absolute Gasteiger partial charge is 0.338 e. The lowest BCUT2D eigenvalue weighted by Gasteiger charge is -2.16. The second-order valence-corrected chi connectivity index (χ2v) is 5.86. The average Bonchev–Trinajstić information content (AvgIpc) is 3.17. The van der Waals surface area contributed by atoms with Crippen molar-refractivity contribution in [3.63, 3.8) is 0 Å². The summed E-state index contributed by atoms with van der Waals surface area (Å²) < 4.78 is 0. The number of aromatic carboxylic acids is 1. The van der Waals surface area contributed by atoms with Gasteiger partial charge in [0.2, 0.25) is 0 Å². The Kier molecular flexibility index (Phi) is 4.50. The first kappa shape index (κ1) is 15.4. The van der Waals surface area contributed by atoms with E-state index in [2.05, 4.69) is 17.6 Å². The van der Waals surface area contributed by atoms with E-state index in [1.807, 2.05) is 0 Å². The molecule has 0 aromatic heterocycles.